The minimum absolute atomic E-state index is 0.00246. The Morgan fingerprint density at radius 1 is 1.12 bits per heavy atom. The number of rotatable bonds is 10. The molecule has 1 aliphatic heterocycles. The Morgan fingerprint density at radius 3 is 2.68 bits per heavy atom. The summed E-state index contributed by atoms with van der Waals surface area (Å²) in [6.45, 7) is 9.05. The summed E-state index contributed by atoms with van der Waals surface area (Å²) in [5, 5.41) is 16.6. The molecule has 2 N–H and O–H groups in total. The number of nitrogens with one attached hydrogen (secondary N) is 1. The molecule has 0 aliphatic carbocycles. The van der Waals surface area contributed by atoms with Gasteiger partial charge in [-0.15, -0.1) is 0 Å². The second-order valence-electron chi connectivity index (χ2n) is 11.2. The first-order chi connectivity index (χ1) is 19.9. The number of aromatic nitrogens is 1. The number of aryl methyl sites for hydroxylation is 1. The Bertz CT molecular complexity index is 1510. The van der Waals surface area contributed by atoms with Crippen molar-refractivity contribution in [2.75, 3.05) is 26.7 Å². The number of carbonyl (C=O) groups excluding carboxylic acids is 1. The molecule has 1 aromatic heterocycles. The van der Waals surface area contributed by atoms with Crippen LogP contribution < -0.4 is 10.1 Å². The first-order valence-corrected chi connectivity index (χ1v) is 14.4. The molecule has 1 aliphatic rings. The molecule has 0 atom stereocenters. The van der Waals surface area contributed by atoms with Crippen molar-refractivity contribution in [1.29, 1.82) is 0 Å². The molecule has 0 radical (unpaired) electrons. The van der Waals surface area contributed by atoms with Crippen molar-refractivity contribution in [2.45, 2.75) is 52.7 Å². The average Bonchev–Trinajstić information content (AvgIpc) is 3.41. The average molecular weight is 554 g/mol. The fraction of sp³-hybridized carbons (Fsp3) is 0.353. The molecule has 214 valence electrons. The van der Waals surface area contributed by atoms with Gasteiger partial charge in [-0.25, -0.2) is 0 Å². The molecule has 5 rings (SSSR count). The molecule has 0 unspecified atom stereocenters. The summed E-state index contributed by atoms with van der Waals surface area (Å²) in [6.07, 6.45) is 1.40. The van der Waals surface area contributed by atoms with Crippen LogP contribution in [0.25, 0.3) is 22.4 Å². The van der Waals surface area contributed by atoms with E-state index in [9.17, 15) is 9.90 Å². The van der Waals surface area contributed by atoms with Gasteiger partial charge in [-0.2, -0.15) is 0 Å². The second-order valence-corrected chi connectivity index (χ2v) is 11.2. The van der Waals surface area contributed by atoms with Crippen LogP contribution in [-0.2, 0) is 19.6 Å². The largest absolute Gasteiger partial charge is 0.488 e. The third-order valence-electron chi connectivity index (χ3n) is 7.70. The summed E-state index contributed by atoms with van der Waals surface area (Å²) in [6, 6.07) is 20.6. The standard InChI is InChI=1S/C34H39N3O4/c1-22(2)28-19-29(30(17-23(28)3)40-21-24-9-6-5-7-10-24)32-31(33(41-36-32)34(39)35-14-8-16-38)26-11-12-27-20-37(4)15-13-25(27)18-26/h5-7,9-12,17-19,22,38H,8,13-16,20-21H2,1-4H3,(H,35,39). The van der Waals surface area contributed by atoms with Gasteiger partial charge in [-0.1, -0.05) is 67.5 Å². The van der Waals surface area contributed by atoms with Crippen molar-refractivity contribution in [3.63, 3.8) is 0 Å². The number of benzene rings is 3. The Hall–Kier alpha value is -3.94. The van der Waals surface area contributed by atoms with Gasteiger partial charge in [0.15, 0.2) is 0 Å². The molecule has 0 saturated carbocycles. The minimum atomic E-state index is -0.354. The SMILES string of the molecule is Cc1cc(OCc2ccccc2)c(-c2noc(C(=O)NCCCO)c2-c2ccc3c(c2)CCN(C)C3)cc1C(C)C. The highest BCUT2D eigenvalue weighted by Gasteiger charge is 2.28. The van der Waals surface area contributed by atoms with Crippen molar-refractivity contribution in [2.24, 2.45) is 0 Å². The fourth-order valence-electron chi connectivity index (χ4n) is 5.47. The highest BCUT2D eigenvalue weighted by atomic mass is 16.5. The van der Waals surface area contributed by atoms with Crippen LogP contribution in [0.2, 0.25) is 0 Å². The quantitative estimate of drug-likeness (QED) is 0.230. The molecule has 0 saturated heterocycles. The number of hydrogen-bond donors (Lipinski definition) is 2. The van der Waals surface area contributed by atoms with E-state index in [0.717, 1.165) is 41.8 Å². The number of nitrogens with zero attached hydrogens (tertiary/aromatic N) is 2. The van der Waals surface area contributed by atoms with Gasteiger partial charge >= 0.3 is 0 Å². The van der Waals surface area contributed by atoms with Crippen molar-refractivity contribution in [3.05, 3.63) is 94.2 Å². The Balaban J connectivity index is 1.64. The van der Waals surface area contributed by atoms with Crippen LogP contribution in [0.4, 0.5) is 0 Å². The summed E-state index contributed by atoms with van der Waals surface area (Å²) in [5.74, 6) is 0.783. The van der Waals surface area contributed by atoms with E-state index in [1.165, 1.54) is 16.7 Å². The first-order valence-electron chi connectivity index (χ1n) is 14.4. The maximum absolute atomic E-state index is 13.4. The van der Waals surface area contributed by atoms with E-state index >= 15 is 0 Å². The minimum Gasteiger partial charge on any atom is -0.488 e. The molecular weight excluding hydrogens is 514 g/mol. The van der Waals surface area contributed by atoms with E-state index in [1.807, 2.05) is 30.3 Å². The zero-order chi connectivity index (χ0) is 28.9. The van der Waals surface area contributed by atoms with Crippen LogP contribution in [0, 0.1) is 6.92 Å². The highest BCUT2D eigenvalue weighted by molar-refractivity contribution is 6.02. The smallest absolute Gasteiger partial charge is 0.290 e. The molecular formula is C34H39N3O4. The van der Waals surface area contributed by atoms with Crippen LogP contribution in [0.15, 0.2) is 65.2 Å². The maximum atomic E-state index is 13.4. The third-order valence-corrected chi connectivity index (χ3v) is 7.70. The number of fused-ring (bicyclic) bond motifs is 1. The van der Waals surface area contributed by atoms with E-state index in [4.69, 9.17) is 9.26 Å². The van der Waals surface area contributed by atoms with Gasteiger partial charge in [0, 0.05) is 31.8 Å². The zero-order valence-corrected chi connectivity index (χ0v) is 24.4. The topological polar surface area (TPSA) is 87.8 Å². The first kappa shape index (κ1) is 28.6. The molecule has 7 nitrogen and oxygen atoms in total. The summed E-state index contributed by atoms with van der Waals surface area (Å²) >= 11 is 0. The Morgan fingerprint density at radius 2 is 1.93 bits per heavy atom. The van der Waals surface area contributed by atoms with Gasteiger partial charge in [0.1, 0.15) is 18.1 Å². The lowest BCUT2D eigenvalue weighted by Crippen LogP contribution is -2.26. The van der Waals surface area contributed by atoms with Gasteiger partial charge in [0.2, 0.25) is 5.76 Å². The number of hydrogen-bond acceptors (Lipinski definition) is 6. The van der Waals surface area contributed by atoms with Crippen LogP contribution in [-0.4, -0.2) is 47.8 Å². The number of ether oxygens (including phenoxy) is 1. The molecule has 2 heterocycles. The lowest BCUT2D eigenvalue weighted by Gasteiger charge is -2.25. The lowest BCUT2D eigenvalue weighted by molar-refractivity contribution is 0.0915. The third kappa shape index (κ3) is 6.37. The summed E-state index contributed by atoms with van der Waals surface area (Å²) in [4.78, 5) is 15.7. The number of aliphatic hydroxyl groups is 1. The van der Waals surface area contributed by atoms with E-state index < -0.39 is 0 Å². The van der Waals surface area contributed by atoms with E-state index in [1.54, 1.807) is 0 Å². The summed E-state index contributed by atoms with van der Waals surface area (Å²) < 4.78 is 12.2. The van der Waals surface area contributed by atoms with Gasteiger partial charge < -0.3 is 24.6 Å². The summed E-state index contributed by atoms with van der Waals surface area (Å²) in [5.41, 5.74) is 8.85. The second kappa shape index (κ2) is 12.7. The van der Waals surface area contributed by atoms with Gasteiger partial charge in [0.25, 0.3) is 5.91 Å². The molecule has 0 bridgehead atoms. The Kier molecular flexibility index (Phi) is 8.86. The molecule has 0 spiro atoms. The van der Waals surface area contributed by atoms with Crippen LogP contribution in [0.3, 0.4) is 0 Å². The van der Waals surface area contributed by atoms with Gasteiger partial charge in [0.05, 0.1) is 5.56 Å². The zero-order valence-electron chi connectivity index (χ0n) is 24.4. The van der Waals surface area contributed by atoms with E-state index in [2.05, 4.69) is 73.5 Å². The van der Waals surface area contributed by atoms with E-state index in [-0.39, 0.29) is 24.2 Å². The number of likely N-dealkylation sites (N-methyl/N-ethyl adjacent to an activating group) is 1. The van der Waals surface area contributed by atoms with Crippen molar-refractivity contribution >= 4 is 5.91 Å². The molecule has 7 heteroatoms. The molecule has 0 fully saturated rings. The Labute approximate surface area is 242 Å². The highest BCUT2D eigenvalue weighted by Crippen LogP contribution is 2.42. The lowest BCUT2D eigenvalue weighted by atomic mass is 9.90. The monoisotopic (exact) mass is 553 g/mol. The number of carbonyl (C=O) groups is 1. The predicted octanol–water partition coefficient (Wildman–Crippen LogP) is 6.12. The van der Waals surface area contributed by atoms with Crippen LogP contribution in [0.5, 0.6) is 5.75 Å². The molecule has 4 aromatic rings. The predicted molar refractivity (Wildman–Crippen MR) is 161 cm³/mol. The molecule has 3 aromatic carbocycles. The van der Waals surface area contributed by atoms with Gasteiger partial charge in [-0.3, -0.25) is 4.79 Å². The normalized spacial score (nSPS) is 13.3. The van der Waals surface area contributed by atoms with Crippen molar-refractivity contribution in [1.82, 2.24) is 15.4 Å². The van der Waals surface area contributed by atoms with Crippen molar-refractivity contribution < 1.29 is 19.2 Å². The van der Waals surface area contributed by atoms with E-state index in [0.29, 0.717) is 36.6 Å². The van der Waals surface area contributed by atoms with Gasteiger partial charge in [-0.05, 0) is 78.2 Å². The molecule has 41 heavy (non-hydrogen) atoms. The molecule has 1 amide bonds. The van der Waals surface area contributed by atoms with Crippen molar-refractivity contribution in [3.8, 4) is 28.1 Å². The van der Waals surface area contributed by atoms with Crippen LogP contribution in [0.1, 0.15) is 64.6 Å². The maximum Gasteiger partial charge on any atom is 0.290 e. The fourth-order valence-corrected chi connectivity index (χ4v) is 5.47. The number of amides is 1. The number of aliphatic hydroxyl groups excluding tert-OH is 1. The van der Waals surface area contributed by atoms with Crippen LogP contribution >= 0.6 is 0 Å². The summed E-state index contributed by atoms with van der Waals surface area (Å²) in [7, 11) is 2.13.